The van der Waals surface area contributed by atoms with Gasteiger partial charge in [0, 0.05) is 12.2 Å². The van der Waals surface area contributed by atoms with Crippen molar-refractivity contribution in [3.8, 4) is 5.75 Å². The molecule has 3 amide bonds. The highest BCUT2D eigenvalue weighted by atomic mass is 32.1. The van der Waals surface area contributed by atoms with E-state index in [-0.39, 0.29) is 28.6 Å². The molecular weight excluding hydrogens is 509 g/mol. The van der Waals surface area contributed by atoms with Crippen molar-refractivity contribution in [1.29, 1.82) is 0 Å². The number of nitrogens with zero attached hydrogens (tertiary/aromatic N) is 2. The lowest BCUT2D eigenvalue weighted by molar-refractivity contribution is -0.122. The second-order valence-corrected chi connectivity index (χ2v) is 9.26. The molecule has 4 aromatic rings. The minimum Gasteiger partial charge on any atom is -0.508 e. The summed E-state index contributed by atoms with van der Waals surface area (Å²) < 4.78 is 17.3. The summed E-state index contributed by atoms with van der Waals surface area (Å²) in [5, 5.41) is 12.6. The predicted molar refractivity (Wildman–Crippen MR) is 142 cm³/mol. The first kappa shape index (κ1) is 26.3. The Morgan fingerprint density at radius 3 is 2.37 bits per heavy atom. The Morgan fingerprint density at radius 2 is 1.76 bits per heavy atom. The Bertz CT molecular complexity index is 1490. The lowest BCUT2D eigenvalue weighted by Crippen LogP contribution is -2.44. The number of rotatable bonds is 8. The van der Waals surface area contributed by atoms with E-state index >= 15 is 0 Å². The van der Waals surface area contributed by atoms with Gasteiger partial charge < -0.3 is 21.9 Å². The second kappa shape index (κ2) is 11.1. The number of aromatic hydroxyl groups is 1. The lowest BCUT2D eigenvalue weighted by atomic mass is 10.0. The number of benzene rings is 3. The highest BCUT2D eigenvalue weighted by molar-refractivity contribution is 7.09. The van der Waals surface area contributed by atoms with Crippen LogP contribution in [0.4, 0.5) is 15.8 Å². The monoisotopic (exact) mass is 533 g/mol. The molecule has 1 aromatic heterocycles. The minimum atomic E-state index is -1.22. The van der Waals surface area contributed by atoms with Crippen LogP contribution in [0.2, 0.25) is 0 Å². The fraction of sp³-hybridized carbons (Fsp3) is 0.111. The summed E-state index contributed by atoms with van der Waals surface area (Å²) in [4.78, 5) is 40.7. The molecule has 0 saturated heterocycles. The van der Waals surface area contributed by atoms with Crippen LogP contribution in [0.3, 0.4) is 0 Å². The molecular formula is C27H24FN5O4S. The molecule has 0 saturated carbocycles. The predicted octanol–water partition coefficient (Wildman–Crippen LogP) is 3.68. The van der Waals surface area contributed by atoms with Crippen LogP contribution < -0.4 is 21.7 Å². The summed E-state index contributed by atoms with van der Waals surface area (Å²) in [6.45, 7) is 1.90. The van der Waals surface area contributed by atoms with Crippen molar-refractivity contribution in [3.05, 3.63) is 106 Å². The maximum Gasteiger partial charge on any atom is 0.273 e. The molecule has 38 heavy (non-hydrogen) atoms. The zero-order valence-corrected chi connectivity index (χ0v) is 21.0. The Labute approximate surface area is 221 Å². The molecule has 0 aliphatic rings. The highest BCUT2D eigenvalue weighted by Crippen LogP contribution is 2.34. The average Bonchev–Trinajstić information content (AvgIpc) is 3.28. The van der Waals surface area contributed by atoms with Gasteiger partial charge in [-0.1, -0.05) is 36.4 Å². The molecule has 3 aromatic carbocycles. The van der Waals surface area contributed by atoms with Gasteiger partial charge in [0.2, 0.25) is 5.91 Å². The van der Waals surface area contributed by atoms with E-state index in [1.807, 2.05) is 13.0 Å². The van der Waals surface area contributed by atoms with Gasteiger partial charge in [-0.15, -0.1) is 0 Å². The second-order valence-electron chi connectivity index (χ2n) is 8.49. The fourth-order valence-electron chi connectivity index (χ4n) is 3.86. The zero-order valence-electron chi connectivity index (χ0n) is 20.2. The van der Waals surface area contributed by atoms with E-state index in [4.69, 9.17) is 11.5 Å². The first-order valence-corrected chi connectivity index (χ1v) is 12.2. The fourth-order valence-corrected chi connectivity index (χ4v) is 4.60. The van der Waals surface area contributed by atoms with Crippen molar-refractivity contribution in [3.63, 3.8) is 0 Å². The molecule has 4 rings (SSSR count). The molecule has 9 nitrogen and oxygen atoms in total. The van der Waals surface area contributed by atoms with Gasteiger partial charge in [-0.3, -0.25) is 19.3 Å². The first-order valence-electron chi connectivity index (χ1n) is 11.4. The SMILES string of the molecule is Cc1cccc(N(C(=O)c2snc(C(N)=O)c2N)C(C(=O)NCc2ccc(F)cc2)c2ccc(O)cc2)c1. The van der Waals surface area contributed by atoms with Gasteiger partial charge in [-0.2, -0.15) is 4.37 Å². The van der Waals surface area contributed by atoms with E-state index in [0.717, 1.165) is 5.56 Å². The molecule has 0 spiro atoms. The number of amides is 3. The summed E-state index contributed by atoms with van der Waals surface area (Å²) in [6, 6.07) is 17.2. The van der Waals surface area contributed by atoms with Crippen LogP contribution in [0.15, 0.2) is 72.8 Å². The number of phenolic OH excluding ortho intramolecular Hbond substituents is 1. The number of hydrogen-bond donors (Lipinski definition) is 4. The molecule has 1 atom stereocenters. The van der Waals surface area contributed by atoms with Crippen LogP contribution >= 0.6 is 11.5 Å². The molecule has 0 radical (unpaired) electrons. The molecule has 1 unspecified atom stereocenters. The van der Waals surface area contributed by atoms with Crippen molar-refractivity contribution in [2.45, 2.75) is 19.5 Å². The number of aromatic nitrogens is 1. The van der Waals surface area contributed by atoms with E-state index in [9.17, 15) is 23.9 Å². The molecule has 0 bridgehead atoms. The Kier molecular flexibility index (Phi) is 7.68. The number of carbonyl (C=O) groups excluding carboxylic acids is 3. The Hall–Kier alpha value is -4.77. The van der Waals surface area contributed by atoms with Crippen LogP contribution in [0, 0.1) is 12.7 Å². The number of nitrogens with two attached hydrogens (primary N) is 2. The zero-order chi connectivity index (χ0) is 27.4. The highest BCUT2D eigenvalue weighted by Gasteiger charge is 2.36. The van der Waals surface area contributed by atoms with Gasteiger partial charge in [0.25, 0.3) is 11.8 Å². The number of anilines is 2. The Morgan fingerprint density at radius 1 is 1.08 bits per heavy atom. The molecule has 11 heteroatoms. The van der Waals surface area contributed by atoms with Gasteiger partial charge >= 0.3 is 0 Å². The van der Waals surface area contributed by atoms with Crippen LogP contribution in [-0.4, -0.2) is 27.2 Å². The maximum absolute atomic E-state index is 14.0. The van der Waals surface area contributed by atoms with E-state index in [1.54, 1.807) is 18.2 Å². The summed E-state index contributed by atoms with van der Waals surface area (Å²) in [7, 11) is 0. The molecule has 0 aliphatic heterocycles. The molecule has 194 valence electrons. The van der Waals surface area contributed by atoms with E-state index in [2.05, 4.69) is 9.69 Å². The number of carbonyl (C=O) groups is 3. The summed E-state index contributed by atoms with van der Waals surface area (Å²) in [5.74, 6) is -2.53. The van der Waals surface area contributed by atoms with Gasteiger partial charge in [-0.25, -0.2) is 4.39 Å². The van der Waals surface area contributed by atoms with Crippen LogP contribution in [0.5, 0.6) is 5.75 Å². The van der Waals surface area contributed by atoms with Crippen molar-refractivity contribution in [1.82, 2.24) is 9.69 Å². The van der Waals surface area contributed by atoms with Crippen LogP contribution in [0.25, 0.3) is 0 Å². The molecule has 6 N–H and O–H groups in total. The number of nitrogen functional groups attached to an aromatic ring is 1. The third-order valence-corrected chi connectivity index (χ3v) is 6.60. The van der Waals surface area contributed by atoms with Crippen molar-refractivity contribution in [2.24, 2.45) is 5.73 Å². The first-order chi connectivity index (χ1) is 18.2. The summed E-state index contributed by atoms with van der Waals surface area (Å²) in [6.07, 6.45) is 0. The number of aryl methyl sites for hydroxylation is 1. The van der Waals surface area contributed by atoms with Crippen molar-refractivity contribution >= 4 is 40.6 Å². The topological polar surface area (TPSA) is 152 Å². The van der Waals surface area contributed by atoms with Gasteiger partial charge in [0.15, 0.2) is 5.69 Å². The summed E-state index contributed by atoms with van der Waals surface area (Å²) >= 11 is 0.704. The van der Waals surface area contributed by atoms with Crippen LogP contribution in [-0.2, 0) is 11.3 Å². The van der Waals surface area contributed by atoms with Gasteiger partial charge in [0.1, 0.15) is 22.5 Å². The van der Waals surface area contributed by atoms with Crippen molar-refractivity contribution in [2.75, 3.05) is 10.6 Å². The molecule has 1 heterocycles. The van der Waals surface area contributed by atoms with E-state index in [1.165, 1.54) is 53.4 Å². The van der Waals surface area contributed by atoms with E-state index in [0.29, 0.717) is 28.3 Å². The van der Waals surface area contributed by atoms with Crippen LogP contribution in [0.1, 0.15) is 42.9 Å². The molecule has 0 aliphatic carbocycles. The van der Waals surface area contributed by atoms with Gasteiger partial charge in [0.05, 0.1) is 5.69 Å². The third-order valence-electron chi connectivity index (χ3n) is 5.75. The number of halogens is 1. The van der Waals surface area contributed by atoms with E-state index < -0.39 is 29.6 Å². The normalized spacial score (nSPS) is 11.5. The summed E-state index contributed by atoms with van der Waals surface area (Å²) in [5.41, 5.74) is 13.3. The number of primary amides is 1. The maximum atomic E-state index is 14.0. The van der Waals surface area contributed by atoms with Gasteiger partial charge in [-0.05, 0) is 71.5 Å². The number of nitrogens with one attached hydrogen (secondary N) is 1. The lowest BCUT2D eigenvalue weighted by Gasteiger charge is -2.31. The largest absolute Gasteiger partial charge is 0.508 e. The molecule has 0 fully saturated rings. The average molecular weight is 534 g/mol. The number of hydrogen-bond acceptors (Lipinski definition) is 7. The quantitative estimate of drug-likeness (QED) is 0.271. The van der Waals surface area contributed by atoms with Crippen molar-refractivity contribution < 1.29 is 23.9 Å². The number of phenols is 1. The standard InChI is InChI=1S/C27H24FN5O4S/c1-15-3-2-4-19(13-15)33(27(37)24-21(29)22(25(30)35)32-38-24)23(17-7-11-20(34)12-8-17)26(36)31-14-16-5-9-18(28)10-6-16/h2-13,23,34H,14,29H2,1H3,(H2,30,35)(H,31,36). The smallest absolute Gasteiger partial charge is 0.273 e. The minimum absolute atomic E-state index is 0.0227. The third kappa shape index (κ3) is 5.62. The Balaban J connectivity index is 1.81.